The van der Waals surface area contributed by atoms with E-state index in [-0.39, 0.29) is 17.7 Å². The highest BCUT2D eigenvalue weighted by Gasteiger charge is 2.69. The molecular formula is C23H22F2N2O4S. The summed E-state index contributed by atoms with van der Waals surface area (Å²) < 4.78 is 34.4. The van der Waals surface area contributed by atoms with Crippen molar-refractivity contribution in [2.75, 3.05) is 24.0 Å². The molecule has 2 aromatic carbocycles. The van der Waals surface area contributed by atoms with Crippen LogP contribution in [0.3, 0.4) is 0 Å². The number of fused-ring (bicyclic) bond motifs is 1. The number of thioether (sulfide) groups is 1. The Morgan fingerprint density at radius 2 is 1.75 bits per heavy atom. The highest BCUT2D eigenvalue weighted by atomic mass is 32.2. The van der Waals surface area contributed by atoms with Gasteiger partial charge in [-0.2, -0.15) is 11.8 Å². The number of para-hydroxylation sites is 1. The van der Waals surface area contributed by atoms with Crippen LogP contribution in [0, 0.1) is 23.5 Å². The zero-order valence-corrected chi connectivity index (χ0v) is 18.3. The van der Waals surface area contributed by atoms with Gasteiger partial charge in [0, 0.05) is 11.6 Å². The molecule has 2 aliphatic heterocycles. The lowest BCUT2D eigenvalue weighted by Gasteiger charge is -2.32. The maximum Gasteiger partial charge on any atom is 0.326 e. The molecule has 0 unspecified atom stereocenters. The molecule has 0 saturated carbocycles. The molecule has 0 bridgehead atoms. The Hall–Kier alpha value is -2.78. The molecule has 2 saturated heterocycles. The molecule has 4 atom stereocenters. The number of hydrogen-bond acceptors (Lipinski definition) is 6. The van der Waals surface area contributed by atoms with Gasteiger partial charge >= 0.3 is 5.97 Å². The lowest BCUT2D eigenvalue weighted by atomic mass is 9.78. The molecule has 1 N–H and O–H groups in total. The van der Waals surface area contributed by atoms with E-state index in [2.05, 4.69) is 5.32 Å². The zero-order valence-electron chi connectivity index (χ0n) is 17.5. The molecule has 32 heavy (non-hydrogen) atoms. The van der Waals surface area contributed by atoms with Gasteiger partial charge in [-0.05, 0) is 36.6 Å². The molecule has 2 amide bonds. The van der Waals surface area contributed by atoms with E-state index < -0.39 is 52.8 Å². The van der Waals surface area contributed by atoms with Crippen molar-refractivity contribution in [3.05, 3.63) is 65.7 Å². The number of anilines is 1. The summed E-state index contributed by atoms with van der Waals surface area (Å²) >= 11 is 1.46. The molecule has 0 spiro atoms. The Morgan fingerprint density at radius 3 is 2.38 bits per heavy atom. The largest absolute Gasteiger partial charge is 0.468 e. The minimum Gasteiger partial charge on any atom is -0.468 e. The Kier molecular flexibility index (Phi) is 6.05. The summed E-state index contributed by atoms with van der Waals surface area (Å²) in [6, 6.07) is 10.4. The predicted octanol–water partition coefficient (Wildman–Crippen LogP) is 3.08. The van der Waals surface area contributed by atoms with E-state index in [4.69, 9.17) is 4.74 Å². The number of esters is 1. The van der Waals surface area contributed by atoms with E-state index in [0.717, 1.165) is 11.0 Å². The summed E-state index contributed by atoms with van der Waals surface area (Å²) in [4.78, 5) is 41.0. The first-order chi connectivity index (χ1) is 15.4. The summed E-state index contributed by atoms with van der Waals surface area (Å²) in [7, 11) is 1.20. The van der Waals surface area contributed by atoms with E-state index in [1.54, 1.807) is 6.07 Å². The molecule has 2 aliphatic rings. The van der Waals surface area contributed by atoms with Crippen molar-refractivity contribution in [2.24, 2.45) is 11.8 Å². The van der Waals surface area contributed by atoms with Crippen molar-refractivity contribution in [1.82, 2.24) is 5.32 Å². The molecule has 168 valence electrons. The average molecular weight is 461 g/mol. The Bertz CT molecular complexity index is 1080. The second kappa shape index (κ2) is 8.63. The van der Waals surface area contributed by atoms with Crippen LogP contribution in [0.25, 0.3) is 0 Å². The first-order valence-corrected chi connectivity index (χ1v) is 11.5. The Morgan fingerprint density at radius 1 is 1.09 bits per heavy atom. The second-order valence-corrected chi connectivity index (χ2v) is 8.80. The summed E-state index contributed by atoms with van der Waals surface area (Å²) in [5.41, 5.74) is -1.58. The van der Waals surface area contributed by atoms with Gasteiger partial charge in [-0.3, -0.25) is 19.7 Å². The minimum absolute atomic E-state index is 0.161. The highest BCUT2D eigenvalue weighted by molar-refractivity contribution is 7.98. The van der Waals surface area contributed by atoms with Crippen LogP contribution in [0.4, 0.5) is 14.5 Å². The summed E-state index contributed by atoms with van der Waals surface area (Å²) in [6.07, 6.45) is 2.02. The SMILES string of the molecule is COC(=O)[C@]1(CCSC)N[C@H](c2ccccc2F)[C@H]2C(=O)N(c3ccccc3F)C(=O)[C@@H]21. The third-order valence-corrected chi connectivity index (χ3v) is 6.85. The van der Waals surface area contributed by atoms with Crippen LogP contribution in [0.15, 0.2) is 48.5 Å². The number of methoxy groups -OCH3 is 1. The molecule has 0 aromatic heterocycles. The predicted molar refractivity (Wildman–Crippen MR) is 116 cm³/mol. The number of nitrogens with zero attached hydrogens (tertiary/aromatic N) is 1. The van der Waals surface area contributed by atoms with E-state index >= 15 is 0 Å². The van der Waals surface area contributed by atoms with Crippen LogP contribution in [0.5, 0.6) is 0 Å². The molecule has 0 aliphatic carbocycles. The first-order valence-electron chi connectivity index (χ1n) is 10.1. The maximum atomic E-state index is 14.8. The van der Waals surface area contributed by atoms with Crippen LogP contribution < -0.4 is 10.2 Å². The van der Waals surface area contributed by atoms with Crippen molar-refractivity contribution in [2.45, 2.75) is 18.0 Å². The number of carbonyl (C=O) groups excluding carboxylic acids is 3. The first kappa shape index (κ1) is 22.4. The fraction of sp³-hybridized carbons (Fsp3) is 0.348. The van der Waals surface area contributed by atoms with E-state index in [1.807, 2.05) is 6.26 Å². The van der Waals surface area contributed by atoms with Crippen LogP contribution in [-0.2, 0) is 19.1 Å². The van der Waals surface area contributed by atoms with Crippen LogP contribution in [-0.4, -0.2) is 42.4 Å². The average Bonchev–Trinajstić information content (AvgIpc) is 3.27. The van der Waals surface area contributed by atoms with Gasteiger partial charge in [-0.1, -0.05) is 30.3 Å². The van der Waals surface area contributed by atoms with E-state index in [0.29, 0.717) is 5.75 Å². The fourth-order valence-corrected chi connectivity index (χ4v) is 5.36. The van der Waals surface area contributed by atoms with Crippen molar-refractivity contribution in [3.8, 4) is 0 Å². The highest BCUT2D eigenvalue weighted by Crippen LogP contribution is 2.52. The molecule has 0 radical (unpaired) electrons. The van der Waals surface area contributed by atoms with Crippen molar-refractivity contribution in [3.63, 3.8) is 0 Å². The summed E-state index contributed by atoms with van der Waals surface area (Å²) in [5.74, 6) is -5.19. The number of rotatable bonds is 6. The lowest BCUT2D eigenvalue weighted by Crippen LogP contribution is -2.56. The number of halogens is 2. The molecule has 9 heteroatoms. The molecular weight excluding hydrogens is 438 g/mol. The van der Waals surface area contributed by atoms with Gasteiger partial charge in [0.1, 0.15) is 17.2 Å². The zero-order chi connectivity index (χ0) is 23.0. The fourth-order valence-electron chi connectivity index (χ4n) is 4.83. The van der Waals surface area contributed by atoms with Crippen molar-refractivity contribution in [1.29, 1.82) is 0 Å². The maximum absolute atomic E-state index is 14.8. The topological polar surface area (TPSA) is 75.7 Å². The standard InChI is InChI=1S/C23H22F2N2O4S/c1-31-22(30)23(11-12-32-2)18-17(19(26-23)13-7-3-4-8-14(13)24)20(28)27(21(18)29)16-10-6-5-9-15(16)25/h3-10,17-19,26H,11-12H2,1-2H3/t17-,18+,19+,23+/m0/s1. The number of carbonyl (C=O) groups is 3. The molecule has 2 aromatic rings. The van der Waals surface area contributed by atoms with Gasteiger partial charge in [0.25, 0.3) is 0 Å². The van der Waals surface area contributed by atoms with Gasteiger partial charge in [-0.15, -0.1) is 0 Å². The minimum atomic E-state index is -1.55. The molecule has 2 fully saturated rings. The summed E-state index contributed by atoms with van der Waals surface area (Å²) in [5, 5.41) is 3.11. The number of amides is 2. The van der Waals surface area contributed by atoms with Gasteiger partial charge in [0.05, 0.1) is 24.6 Å². The molecule has 6 nitrogen and oxygen atoms in total. The lowest BCUT2D eigenvalue weighted by molar-refractivity contribution is -0.152. The molecule has 4 rings (SSSR count). The Balaban J connectivity index is 1.90. The smallest absolute Gasteiger partial charge is 0.326 e. The second-order valence-electron chi connectivity index (χ2n) is 7.82. The van der Waals surface area contributed by atoms with Gasteiger partial charge < -0.3 is 4.74 Å². The number of benzene rings is 2. The number of nitrogens with one attached hydrogen (secondary N) is 1. The third-order valence-electron chi connectivity index (χ3n) is 6.24. The third kappa shape index (κ3) is 3.31. The van der Waals surface area contributed by atoms with E-state index in [1.165, 1.54) is 55.3 Å². The monoisotopic (exact) mass is 460 g/mol. The number of ether oxygens (including phenoxy) is 1. The van der Waals surface area contributed by atoms with Gasteiger partial charge in [0.2, 0.25) is 11.8 Å². The number of imide groups is 1. The van der Waals surface area contributed by atoms with Crippen LogP contribution in [0.1, 0.15) is 18.0 Å². The van der Waals surface area contributed by atoms with Crippen LogP contribution in [0.2, 0.25) is 0 Å². The van der Waals surface area contributed by atoms with Gasteiger partial charge in [0.15, 0.2) is 0 Å². The van der Waals surface area contributed by atoms with Crippen molar-refractivity contribution < 1.29 is 27.9 Å². The van der Waals surface area contributed by atoms with Crippen LogP contribution >= 0.6 is 11.8 Å². The van der Waals surface area contributed by atoms with Crippen molar-refractivity contribution >= 4 is 35.2 Å². The number of hydrogen-bond donors (Lipinski definition) is 1. The van der Waals surface area contributed by atoms with Gasteiger partial charge in [-0.25, -0.2) is 13.7 Å². The quantitative estimate of drug-likeness (QED) is 0.528. The summed E-state index contributed by atoms with van der Waals surface area (Å²) in [6.45, 7) is 0. The normalized spacial score (nSPS) is 27.0. The molecule has 2 heterocycles. The van der Waals surface area contributed by atoms with E-state index in [9.17, 15) is 23.2 Å². The Labute approximate surface area is 188 Å².